The van der Waals surface area contributed by atoms with Gasteiger partial charge in [-0.2, -0.15) is 0 Å². The van der Waals surface area contributed by atoms with Gasteiger partial charge in [-0.3, -0.25) is 4.79 Å². The Bertz CT molecular complexity index is 385. The minimum Gasteiger partial charge on any atom is -0.480 e. The van der Waals surface area contributed by atoms with Gasteiger partial charge in [0, 0.05) is 12.5 Å². The number of carboxylic acids is 1. The van der Waals surface area contributed by atoms with Crippen LogP contribution < -0.4 is 0 Å². The summed E-state index contributed by atoms with van der Waals surface area (Å²) in [5.74, 6) is 0.557. The first kappa shape index (κ1) is 12.0. The van der Waals surface area contributed by atoms with E-state index in [1.54, 1.807) is 11.8 Å². The molecule has 1 aliphatic heterocycles. The highest BCUT2D eigenvalue weighted by molar-refractivity contribution is 5.89. The summed E-state index contributed by atoms with van der Waals surface area (Å²) in [6, 6.07) is 0. The van der Waals surface area contributed by atoms with Crippen molar-refractivity contribution in [2.24, 2.45) is 17.8 Å². The highest BCUT2D eigenvalue weighted by Gasteiger charge is 2.59. The number of hydrogen-bond donors (Lipinski definition) is 1. The van der Waals surface area contributed by atoms with Crippen molar-refractivity contribution in [3.63, 3.8) is 0 Å². The Hall–Kier alpha value is -1.06. The largest absolute Gasteiger partial charge is 0.480 e. The molecule has 2 aliphatic carbocycles. The lowest BCUT2D eigenvalue weighted by Gasteiger charge is -2.42. The molecule has 4 nitrogen and oxygen atoms in total. The quantitative estimate of drug-likeness (QED) is 0.815. The number of nitrogens with zero attached hydrogens (tertiary/aromatic N) is 1. The van der Waals surface area contributed by atoms with Crippen LogP contribution in [0.25, 0.3) is 0 Å². The first-order valence-electron chi connectivity index (χ1n) is 7.10. The van der Waals surface area contributed by atoms with E-state index in [-0.39, 0.29) is 11.8 Å². The Morgan fingerprint density at radius 2 is 1.83 bits per heavy atom. The van der Waals surface area contributed by atoms with Crippen LogP contribution in [0.15, 0.2) is 0 Å². The Labute approximate surface area is 107 Å². The first-order valence-corrected chi connectivity index (χ1v) is 7.10. The molecule has 1 saturated heterocycles. The third-order valence-corrected chi connectivity index (χ3v) is 5.31. The molecule has 0 spiro atoms. The molecule has 3 aliphatic rings. The van der Waals surface area contributed by atoms with Crippen LogP contribution in [0.2, 0.25) is 0 Å². The second-order valence-electron chi connectivity index (χ2n) is 6.31. The summed E-state index contributed by atoms with van der Waals surface area (Å²) in [6.45, 7) is 2.34. The van der Waals surface area contributed by atoms with Gasteiger partial charge < -0.3 is 10.0 Å². The number of rotatable bonds is 2. The van der Waals surface area contributed by atoms with Gasteiger partial charge in [-0.1, -0.05) is 6.42 Å². The number of carbonyl (C=O) groups is 2. The van der Waals surface area contributed by atoms with Crippen molar-refractivity contribution in [2.45, 2.75) is 51.0 Å². The molecule has 3 fully saturated rings. The second-order valence-corrected chi connectivity index (χ2v) is 6.31. The zero-order valence-electron chi connectivity index (χ0n) is 10.9. The van der Waals surface area contributed by atoms with E-state index in [9.17, 15) is 14.7 Å². The minimum atomic E-state index is -0.966. The first-order chi connectivity index (χ1) is 8.55. The molecule has 18 heavy (non-hydrogen) atoms. The number of carbonyl (C=O) groups excluding carboxylic acids is 1. The number of fused-ring (bicyclic) bond motifs is 1. The van der Waals surface area contributed by atoms with E-state index in [4.69, 9.17) is 0 Å². The van der Waals surface area contributed by atoms with Gasteiger partial charge in [0.15, 0.2) is 0 Å². The summed E-state index contributed by atoms with van der Waals surface area (Å²) in [6.07, 6.45) is 6.02. The maximum Gasteiger partial charge on any atom is 0.329 e. The molecule has 3 rings (SSSR count). The molecular formula is C14H21NO3. The highest BCUT2D eigenvalue weighted by atomic mass is 16.4. The molecule has 0 aromatic rings. The van der Waals surface area contributed by atoms with Crippen molar-refractivity contribution >= 4 is 11.9 Å². The molecule has 3 atom stereocenters. The van der Waals surface area contributed by atoms with Crippen LogP contribution >= 0.6 is 0 Å². The Morgan fingerprint density at radius 3 is 2.44 bits per heavy atom. The fourth-order valence-electron chi connectivity index (χ4n) is 4.06. The molecule has 0 aromatic carbocycles. The smallest absolute Gasteiger partial charge is 0.329 e. The fraction of sp³-hybridized carbons (Fsp3) is 0.857. The third-order valence-electron chi connectivity index (χ3n) is 5.31. The number of aliphatic carboxylic acids is 1. The van der Waals surface area contributed by atoms with E-state index < -0.39 is 11.5 Å². The standard InChI is InChI=1S/C14H21NO3/c1-14(13(17)18)7-2-3-8-15(14)12(16)11-9-5-4-6-10(9)11/h9-11H,2-8H2,1H3,(H,17,18). The molecular weight excluding hydrogens is 230 g/mol. The number of likely N-dealkylation sites (tertiary alicyclic amines) is 1. The molecule has 4 heteroatoms. The topological polar surface area (TPSA) is 57.6 Å². The van der Waals surface area contributed by atoms with E-state index in [0.29, 0.717) is 24.8 Å². The van der Waals surface area contributed by atoms with Gasteiger partial charge in [0.2, 0.25) is 5.91 Å². The third kappa shape index (κ3) is 1.57. The van der Waals surface area contributed by atoms with Gasteiger partial charge in [-0.15, -0.1) is 0 Å². The van der Waals surface area contributed by atoms with Crippen LogP contribution in [0.3, 0.4) is 0 Å². The lowest BCUT2D eigenvalue weighted by atomic mass is 9.87. The lowest BCUT2D eigenvalue weighted by molar-refractivity contribution is -0.161. The molecule has 1 amide bonds. The minimum absolute atomic E-state index is 0.120. The van der Waals surface area contributed by atoms with E-state index in [1.165, 1.54) is 19.3 Å². The zero-order valence-corrected chi connectivity index (χ0v) is 10.9. The van der Waals surface area contributed by atoms with Crippen LogP contribution in [0.5, 0.6) is 0 Å². The molecule has 3 unspecified atom stereocenters. The lowest BCUT2D eigenvalue weighted by Crippen LogP contribution is -2.58. The second kappa shape index (κ2) is 3.97. The summed E-state index contributed by atoms with van der Waals surface area (Å²) in [5.41, 5.74) is -0.966. The predicted molar refractivity (Wildman–Crippen MR) is 65.9 cm³/mol. The maximum atomic E-state index is 12.6. The Kier molecular flexibility index (Phi) is 2.65. The maximum absolute atomic E-state index is 12.6. The van der Waals surface area contributed by atoms with Gasteiger partial charge in [0.05, 0.1) is 0 Å². The summed E-state index contributed by atoms with van der Waals surface area (Å²) in [4.78, 5) is 25.7. The average Bonchev–Trinajstić information content (AvgIpc) is 2.82. The predicted octanol–water partition coefficient (Wildman–Crippen LogP) is 1.89. The van der Waals surface area contributed by atoms with E-state index >= 15 is 0 Å². The van der Waals surface area contributed by atoms with Gasteiger partial charge in [-0.25, -0.2) is 4.79 Å². The van der Waals surface area contributed by atoms with Crippen molar-refractivity contribution < 1.29 is 14.7 Å². The van der Waals surface area contributed by atoms with Crippen molar-refractivity contribution in [3.8, 4) is 0 Å². The number of amides is 1. The molecule has 1 heterocycles. The molecule has 0 radical (unpaired) electrons. The number of carboxylic acid groups (broad SMARTS) is 1. The Balaban J connectivity index is 1.77. The van der Waals surface area contributed by atoms with Gasteiger partial charge in [0.1, 0.15) is 5.54 Å². The summed E-state index contributed by atoms with van der Waals surface area (Å²) in [5, 5.41) is 9.43. The number of piperidine rings is 1. The van der Waals surface area contributed by atoms with Crippen molar-refractivity contribution in [3.05, 3.63) is 0 Å². The van der Waals surface area contributed by atoms with Gasteiger partial charge in [0.25, 0.3) is 0 Å². The van der Waals surface area contributed by atoms with Crippen LogP contribution in [0.1, 0.15) is 45.4 Å². The van der Waals surface area contributed by atoms with Crippen LogP contribution in [0.4, 0.5) is 0 Å². The molecule has 2 saturated carbocycles. The molecule has 100 valence electrons. The monoisotopic (exact) mass is 251 g/mol. The van der Waals surface area contributed by atoms with Crippen LogP contribution in [-0.2, 0) is 9.59 Å². The van der Waals surface area contributed by atoms with E-state index in [0.717, 1.165) is 12.8 Å². The van der Waals surface area contributed by atoms with Crippen LogP contribution in [0, 0.1) is 17.8 Å². The van der Waals surface area contributed by atoms with Crippen molar-refractivity contribution in [1.29, 1.82) is 0 Å². The summed E-state index contributed by atoms with van der Waals surface area (Å²) < 4.78 is 0. The van der Waals surface area contributed by atoms with E-state index in [2.05, 4.69) is 0 Å². The SMILES string of the molecule is CC1(C(=O)O)CCCCN1C(=O)C1C2CCCC21. The molecule has 1 N–H and O–H groups in total. The number of hydrogen-bond acceptors (Lipinski definition) is 2. The van der Waals surface area contributed by atoms with Crippen molar-refractivity contribution in [1.82, 2.24) is 4.90 Å². The summed E-state index contributed by atoms with van der Waals surface area (Å²) in [7, 11) is 0. The zero-order chi connectivity index (χ0) is 12.9. The van der Waals surface area contributed by atoms with Gasteiger partial charge >= 0.3 is 5.97 Å². The van der Waals surface area contributed by atoms with Crippen molar-refractivity contribution in [2.75, 3.05) is 6.54 Å². The van der Waals surface area contributed by atoms with Crippen LogP contribution in [-0.4, -0.2) is 34.0 Å². The normalized spacial score (nSPS) is 42.5. The fourth-order valence-corrected chi connectivity index (χ4v) is 4.06. The van der Waals surface area contributed by atoms with Gasteiger partial charge in [-0.05, 0) is 50.9 Å². The summed E-state index contributed by atoms with van der Waals surface area (Å²) >= 11 is 0. The highest BCUT2D eigenvalue weighted by Crippen LogP contribution is 2.58. The average molecular weight is 251 g/mol. The molecule has 0 bridgehead atoms. The van der Waals surface area contributed by atoms with E-state index in [1.807, 2.05) is 0 Å². The Morgan fingerprint density at radius 1 is 1.17 bits per heavy atom. The molecule has 0 aromatic heterocycles.